The van der Waals surface area contributed by atoms with Gasteiger partial charge < -0.3 is 9.64 Å². The summed E-state index contributed by atoms with van der Waals surface area (Å²) in [5.41, 5.74) is 2.06. The molecule has 0 bridgehead atoms. The number of benzene rings is 1. The Kier molecular flexibility index (Phi) is 6.00. The van der Waals surface area contributed by atoms with Crippen LogP contribution in [-0.2, 0) is 14.3 Å². The fourth-order valence-electron chi connectivity index (χ4n) is 4.46. The highest BCUT2D eigenvalue weighted by Gasteiger charge is 2.41. The Labute approximate surface area is 180 Å². The first-order valence-electron chi connectivity index (χ1n) is 9.97. The number of esters is 1. The largest absolute Gasteiger partial charge is 0.467 e. The second kappa shape index (κ2) is 8.06. The average molecular weight is 435 g/mol. The van der Waals surface area contributed by atoms with E-state index in [0.717, 1.165) is 29.1 Å². The van der Waals surface area contributed by atoms with E-state index in [0.29, 0.717) is 11.8 Å². The van der Waals surface area contributed by atoms with Crippen LogP contribution in [0, 0.1) is 5.82 Å². The molecule has 0 radical (unpaired) electrons. The first-order valence-corrected chi connectivity index (χ1v) is 10.8. The van der Waals surface area contributed by atoms with Gasteiger partial charge in [-0.1, -0.05) is 6.92 Å². The van der Waals surface area contributed by atoms with Crippen LogP contribution in [0.1, 0.15) is 58.1 Å². The summed E-state index contributed by atoms with van der Waals surface area (Å²) < 4.78 is 19.6. The topological polar surface area (TPSA) is 66.9 Å². The minimum atomic E-state index is -1.04. The van der Waals surface area contributed by atoms with Crippen molar-refractivity contribution in [2.75, 3.05) is 18.6 Å². The van der Waals surface area contributed by atoms with Crippen LogP contribution in [0.15, 0.2) is 17.0 Å². The first kappa shape index (κ1) is 22.3. The number of rotatable bonds is 4. The fourth-order valence-corrected chi connectivity index (χ4v) is 5.36. The number of carbonyl (C=O) groups is 3. The number of thioether (sulfide) groups is 1. The zero-order valence-corrected chi connectivity index (χ0v) is 18.9. The molecule has 30 heavy (non-hydrogen) atoms. The molecule has 1 aromatic carbocycles. The van der Waals surface area contributed by atoms with Crippen LogP contribution < -0.4 is 4.90 Å². The molecule has 3 rings (SSSR count). The predicted octanol–water partition coefficient (Wildman–Crippen LogP) is 4.54. The third kappa shape index (κ3) is 3.73. The summed E-state index contributed by atoms with van der Waals surface area (Å²) in [7, 11) is 1.19. The quantitative estimate of drug-likeness (QED) is 0.512. The smallest absolute Gasteiger partial charge is 0.328 e. The molecule has 2 heterocycles. The lowest BCUT2D eigenvalue weighted by Crippen LogP contribution is -2.48. The van der Waals surface area contributed by atoms with Crippen molar-refractivity contribution in [3.8, 4) is 0 Å². The number of halogens is 1. The maximum absolute atomic E-state index is 15.0. The predicted molar refractivity (Wildman–Crippen MR) is 116 cm³/mol. The maximum Gasteiger partial charge on any atom is 0.328 e. The molecule has 8 heteroatoms. The molecule has 0 N–H and O–H groups in total. The molecule has 162 valence electrons. The van der Waals surface area contributed by atoms with Crippen molar-refractivity contribution in [1.82, 2.24) is 4.90 Å². The van der Waals surface area contributed by atoms with Crippen molar-refractivity contribution < 1.29 is 23.5 Å². The molecule has 2 amide bonds. The van der Waals surface area contributed by atoms with Gasteiger partial charge in [0, 0.05) is 23.3 Å². The average Bonchev–Trinajstić information content (AvgIpc) is 2.94. The molecule has 2 aliphatic heterocycles. The van der Waals surface area contributed by atoms with Crippen molar-refractivity contribution in [2.45, 2.75) is 58.5 Å². The third-order valence-electron chi connectivity index (χ3n) is 5.86. The molecule has 0 aliphatic carbocycles. The van der Waals surface area contributed by atoms with Gasteiger partial charge in [-0.25, -0.2) is 9.18 Å². The minimum Gasteiger partial charge on any atom is -0.467 e. The molecule has 2 atom stereocenters. The monoisotopic (exact) mass is 434 g/mol. The van der Waals surface area contributed by atoms with Crippen LogP contribution in [0.3, 0.4) is 0 Å². The molecule has 1 saturated heterocycles. The summed E-state index contributed by atoms with van der Waals surface area (Å²) in [6.07, 6.45) is 2.32. The molecule has 1 fully saturated rings. The van der Waals surface area contributed by atoms with Crippen LogP contribution in [-0.4, -0.2) is 47.3 Å². The van der Waals surface area contributed by atoms with Crippen molar-refractivity contribution in [2.24, 2.45) is 0 Å². The SMILES string of the molecule is CCN1c2cc(F)c(/C=C3\SC(=O)N(C(C)C(=O)OC)C3=O)cc2C(C)CC1(C)C. The van der Waals surface area contributed by atoms with Gasteiger partial charge >= 0.3 is 5.97 Å². The number of amides is 2. The van der Waals surface area contributed by atoms with Gasteiger partial charge in [-0.05, 0) is 75.6 Å². The molecule has 0 spiro atoms. The van der Waals surface area contributed by atoms with Crippen molar-refractivity contribution >= 4 is 40.6 Å². The van der Waals surface area contributed by atoms with Gasteiger partial charge in [0.1, 0.15) is 11.9 Å². The fraction of sp³-hybridized carbons (Fsp3) is 0.500. The van der Waals surface area contributed by atoms with E-state index < -0.39 is 29.0 Å². The number of ether oxygens (including phenoxy) is 1. The Balaban J connectivity index is 2.00. The van der Waals surface area contributed by atoms with Crippen LogP contribution >= 0.6 is 11.8 Å². The highest BCUT2D eigenvalue weighted by atomic mass is 32.2. The Morgan fingerprint density at radius 1 is 1.40 bits per heavy atom. The van der Waals surface area contributed by atoms with E-state index in [9.17, 15) is 14.4 Å². The van der Waals surface area contributed by atoms with Crippen LogP contribution in [0.5, 0.6) is 0 Å². The molecule has 0 aromatic heterocycles. The highest BCUT2D eigenvalue weighted by molar-refractivity contribution is 8.18. The van der Waals surface area contributed by atoms with E-state index in [1.54, 1.807) is 6.07 Å². The molecule has 2 aliphatic rings. The van der Waals surface area contributed by atoms with E-state index in [1.165, 1.54) is 26.2 Å². The number of carbonyl (C=O) groups excluding carboxylic acids is 3. The molecule has 1 aromatic rings. The number of hydrogen-bond acceptors (Lipinski definition) is 6. The lowest BCUT2D eigenvalue weighted by atomic mass is 9.79. The van der Waals surface area contributed by atoms with Crippen LogP contribution in [0.2, 0.25) is 0 Å². The summed E-state index contributed by atoms with van der Waals surface area (Å²) in [5.74, 6) is -1.54. The van der Waals surface area contributed by atoms with E-state index in [-0.39, 0.29) is 21.9 Å². The zero-order chi connectivity index (χ0) is 22.4. The van der Waals surface area contributed by atoms with E-state index in [1.807, 2.05) is 6.92 Å². The first-order chi connectivity index (χ1) is 14.0. The van der Waals surface area contributed by atoms with Gasteiger partial charge in [-0.15, -0.1) is 0 Å². The van der Waals surface area contributed by atoms with Gasteiger partial charge in [-0.2, -0.15) is 0 Å². The lowest BCUT2D eigenvalue weighted by Gasteiger charge is -2.47. The van der Waals surface area contributed by atoms with Crippen LogP contribution in [0.4, 0.5) is 14.9 Å². The standard InChI is InChI=1S/C22H27FN2O4S/c1-7-24-17-10-16(23)14(8-15(17)12(2)11-22(24,4)5)9-18-19(26)25(21(28)30-18)13(3)20(27)29-6/h8-10,12-13H,7,11H2,1-6H3/b18-9-. The number of fused-ring (bicyclic) bond motifs is 1. The maximum atomic E-state index is 15.0. The summed E-state index contributed by atoms with van der Waals surface area (Å²) >= 11 is 0.698. The number of anilines is 1. The normalized spacial score (nSPS) is 23.0. The van der Waals surface area contributed by atoms with Crippen molar-refractivity contribution in [1.29, 1.82) is 0 Å². The summed E-state index contributed by atoms with van der Waals surface area (Å²) in [6.45, 7) is 10.6. The van der Waals surface area contributed by atoms with Gasteiger partial charge in [0.05, 0.1) is 12.0 Å². The number of nitrogens with zero attached hydrogens (tertiary/aromatic N) is 2. The minimum absolute atomic E-state index is 0.0815. The second-order valence-corrected chi connectivity index (χ2v) is 9.34. The molecule has 6 nitrogen and oxygen atoms in total. The summed E-state index contributed by atoms with van der Waals surface area (Å²) in [6, 6.07) is 2.25. The number of methoxy groups -OCH3 is 1. The van der Waals surface area contributed by atoms with Crippen molar-refractivity contribution in [3.63, 3.8) is 0 Å². The lowest BCUT2D eigenvalue weighted by molar-refractivity contribution is -0.148. The van der Waals surface area contributed by atoms with Gasteiger partial charge in [-0.3, -0.25) is 14.5 Å². The van der Waals surface area contributed by atoms with E-state index >= 15 is 4.39 Å². The van der Waals surface area contributed by atoms with Crippen LogP contribution in [0.25, 0.3) is 6.08 Å². The Morgan fingerprint density at radius 3 is 2.67 bits per heavy atom. The number of imide groups is 1. The summed E-state index contributed by atoms with van der Waals surface area (Å²) in [4.78, 5) is 39.9. The number of hydrogen-bond donors (Lipinski definition) is 0. The summed E-state index contributed by atoms with van der Waals surface area (Å²) in [5, 5.41) is -0.574. The van der Waals surface area contributed by atoms with Gasteiger partial charge in [0.15, 0.2) is 0 Å². The molecular formula is C22H27FN2O4S. The second-order valence-electron chi connectivity index (χ2n) is 8.35. The van der Waals surface area contributed by atoms with E-state index in [2.05, 4.69) is 30.4 Å². The zero-order valence-electron chi connectivity index (χ0n) is 18.1. The Hall–Kier alpha value is -2.35. The Morgan fingerprint density at radius 2 is 2.07 bits per heavy atom. The Bertz CT molecular complexity index is 943. The molecule has 0 saturated carbocycles. The third-order valence-corrected chi connectivity index (χ3v) is 6.74. The molecular weight excluding hydrogens is 407 g/mol. The van der Waals surface area contributed by atoms with E-state index in [4.69, 9.17) is 0 Å². The molecule has 2 unspecified atom stereocenters. The van der Waals surface area contributed by atoms with Gasteiger partial charge in [0.25, 0.3) is 11.1 Å². The highest BCUT2D eigenvalue weighted by Crippen LogP contribution is 2.44. The van der Waals surface area contributed by atoms with Crippen molar-refractivity contribution in [3.05, 3.63) is 34.0 Å². The van der Waals surface area contributed by atoms with Gasteiger partial charge in [0.2, 0.25) is 0 Å².